The second-order valence-corrected chi connectivity index (χ2v) is 7.42. The summed E-state index contributed by atoms with van der Waals surface area (Å²) in [5.41, 5.74) is 1.07. The molecule has 3 aliphatic rings. The van der Waals surface area contributed by atoms with E-state index < -0.39 is 0 Å². The van der Waals surface area contributed by atoms with Crippen molar-refractivity contribution in [1.29, 1.82) is 0 Å². The zero-order valence-electron chi connectivity index (χ0n) is 12.8. The van der Waals surface area contributed by atoms with Crippen LogP contribution in [0.4, 0.5) is 0 Å². The fourth-order valence-corrected chi connectivity index (χ4v) is 4.69. The van der Waals surface area contributed by atoms with E-state index in [1.165, 1.54) is 37.5 Å². The zero-order chi connectivity index (χ0) is 15.1. The van der Waals surface area contributed by atoms with Gasteiger partial charge in [-0.3, -0.25) is 9.69 Å². The molecule has 0 spiro atoms. The van der Waals surface area contributed by atoms with Crippen molar-refractivity contribution in [3.63, 3.8) is 0 Å². The third-order valence-corrected chi connectivity index (χ3v) is 6.05. The number of benzene rings is 1. The molecule has 0 saturated carbocycles. The summed E-state index contributed by atoms with van der Waals surface area (Å²) in [5, 5.41) is 4.45. The van der Waals surface area contributed by atoms with Crippen LogP contribution in [0.5, 0.6) is 0 Å². The highest BCUT2D eigenvalue weighted by Gasteiger charge is 2.40. The number of hydrogen-bond donors (Lipinski definition) is 1. The summed E-state index contributed by atoms with van der Waals surface area (Å²) in [6.07, 6.45) is 4.78. The molecule has 0 unspecified atom stereocenters. The topological polar surface area (TPSA) is 45.2 Å². The van der Waals surface area contributed by atoms with Gasteiger partial charge >= 0.3 is 0 Å². The van der Waals surface area contributed by atoms with Crippen LogP contribution in [0, 0.1) is 5.92 Å². The van der Waals surface area contributed by atoms with Crippen LogP contribution >= 0.6 is 11.5 Å². The Morgan fingerprint density at radius 2 is 2.23 bits per heavy atom. The van der Waals surface area contributed by atoms with Crippen LogP contribution in [0.15, 0.2) is 24.4 Å². The largest absolute Gasteiger partial charge is 0.351 e. The van der Waals surface area contributed by atoms with Crippen LogP contribution in [-0.2, 0) is 11.2 Å². The molecule has 4 nitrogen and oxygen atoms in total. The van der Waals surface area contributed by atoms with E-state index in [4.69, 9.17) is 0 Å². The van der Waals surface area contributed by atoms with Crippen LogP contribution in [0.1, 0.15) is 25.3 Å². The highest BCUT2D eigenvalue weighted by Crippen LogP contribution is 2.32. The average molecular weight is 315 g/mol. The Hall–Kier alpha value is -1.46. The predicted molar refractivity (Wildman–Crippen MR) is 89.0 cm³/mol. The number of nitrogens with one attached hydrogen (secondary N) is 1. The van der Waals surface area contributed by atoms with Crippen molar-refractivity contribution in [3.05, 3.63) is 30.0 Å². The van der Waals surface area contributed by atoms with Gasteiger partial charge in [0.15, 0.2) is 0 Å². The van der Waals surface area contributed by atoms with Gasteiger partial charge in [-0.2, -0.15) is 4.37 Å². The van der Waals surface area contributed by atoms with Crippen LogP contribution in [-0.4, -0.2) is 40.4 Å². The molecular weight excluding hydrogens is 294 g/mol. The van der Waals surface area contributed by atoms with Crippen LogP contribution in [0.3, 0.4) is 0 Å². The Kier molecular flexibility index (Phi) is 3.62. The lowest BCUT2D eigenvalue weighted by Gasteiger charge is -2.50. The number of amides is 1. The molecule has 3 aliphatic heterocycles. The molecule has 4 heterocycles. The fourth-order valence-electron chi connectivity index (χ4n) is 3.98. The van der Waals surface area contributed by atoms with Crippen molar-refractivity contribution in [2.45, 2.75) is 38.3 Å². The van der Waals surface area contributed by atoms with E-state index in [9.17, 15) is 4.79 Å². The molecule has 0 radical (unpaired) electrons. The lowest BCUT2D eigenvalue weighted by Crippen LogP contribution is -2.62. The lowest BCUT2D eigenvalue weighted by molar-refractivity contribution is -0.123. The molecule has 2 bridgehead atoms. The Morgan fingerprint density at radius 3 is 3.00 bits per heavy atom. The highest BCUT2D eigenvalue weighted by molar-refractivity contribution is 7.13. The minimum absolute atomic E-state index is 0.148. The van der Waals surface area contributed by atoms with Crippen molar-refractivity contribution in [2.75, 3.05) is 13.1 Å². The Morgan fingerprint density at radius 1 is 1.41 bits per heavy atom. The number of piperidine rings is 3. The number of fused-ring (bicyclic) bond motifs is 4. The molecule has 2 aromatic rings. The summed E-state index contributed by atoms with van der Waals surface area (Å²) >= 11 is 1.49. The molecule has 116 valence electrons. The van der Waals surface area contributed by atoms with E-state index in [1.807, 2.05) is 12.3 Å². The van der Waals surface area contributed by atoms with Gasteiger partial charge in [0.25, 0.3) is 0 Å². The summed E-state index contributed by atoms with van der Waals surface area (Å²) in [6, 6.07) is 6.98. The Labute approximate surface area is 134 Å². The molecule has 5 heteroatoms. The average Bonchev–Trinajstić information content (AvgIpc) is 2.99. The molecule has 3 saturated heterocycles. The molecule has 1 aromatic carbocycles. The van der Waals surface area contributed by atoms with E-state index in [-0.39, 0.29) is 5.91 Å². The van der Waals surface area contributed by atoms with E-state index in [0.717, 1.165) is 15.6 Å². The monoisotopic (exact) mass is 315 g/mol. The highest BCUT2D eigenvalue weighted by atomic mass is 32.1. The van der Waals surface area contributed by atoms with Gasteiger partial charge in [-0.05, 0) is 61.9 Å². The van der Waals surface area contributed by atoms with Crippen molar-refractivity contribution in [3.8, 4) is 0 Å². The maximum atomic E-state index is 12.4. The minimum Gasteiger partial charge on any atom is -0.351 e. The first-order valence-electron chi connectivity index (χ1n) is 8.07. The molecule has 3 fully saturated rings. The first kappa shape index (κ1) is 14.2. The molecule has 1 N–H and O–H groups in total. The number of aromatic nitrogens is 1. The van der Waals surface area contributed by atoms with Crippen molar-refractivity contribution >= 4 is 27.5 Å². The number of hydrogen-bond acceptors (Lipinski definition) is 4. The van der Waals surface area contributed by atoms with E-state index in [0.29, 0.717) is 24.4 Å². The number of carbonyl (C=O) groups excluding carboxylic acids is 1. The second kappa shape index (κ2) is 5.63. The molecule has 1 amide bonds. The van der Waals surface area contributed by atoms with Crippen LogP contribution < -0.4 is 5.32 Å². The second-order valence-electron chi connectivity index (χ2n) is 6.58. The van der Waals surface area contributed by atoms with Gasteiger partial charge in [-0.25, -0.2) is 0 Å². The maximum Gasteiger partial charge on any atom is 0.224 e. The maximum absolute atomic E-state index is 12.4. The Bertz CT molecular complexity index is 688. The smallest absolute Gasteiger partial charge is 0.224 e. The third kappa shape index (κ3) is 2.52. The van der Waals surface area contributed by atoms with Crippen molar-refractivity contribution in [1.82, 2.24) is 14.6 Å². The fraction of sp³-hybridized carbons (Fsp3) is 0.529. The summed E-state index contributed by atoms with van der Waals surface area (Å²) in [4.78, 5) is 14.9. The predicted octanol–water partition coefficient (Wildman–Crippen LogP) is 2.44. The molecule has 0 aliphatic carbocycles. The number of carbonyl (C=O) groups is 1. The first-order valence-corrected chi connectivity index (χ1v) is 8.85. The standard InChI is InChI=1S/C17H21N3OS/c1-11-17(13-4-6-20(11)7-5-13)19-16(21)9-12-2-3-14-10-18-22-15(14)8-12/h2-3,8,10-11,13,17H,4-7,9H2,1H3,(H,19,21)/t11-,17+/m1/s1. The van der Waals surface area contributed by atoms with Gasteiger partial charge < -0.3 is 5.32 Å². The van der Waals surface area contributed by atoms with Gasteiger partial charge in [0.05, 0.1) is 11.1 Å². The van der Waals surface area contributed by atoms with Crippen LogP contribution in [0.2, 0.25) is 0 Å². The summed E-state index contributed by atoms with van der Waals surface area (Å²) < 4.78 is 5.34. The normalized spacial score (nSPS) is 30.6. The first-order chi connectivity index (χ1) is 10.7. The van der Waals surface area contributed by atoms with Gasteiger partial charge in [0, 0.05) is 23.7 Å². The molecule has 5 rings (SSSR count). The molecule has 1 aromatic heterocycles. The quantitative estimate of drug-likeness (QED) is 0.946. The summed E-state index contributed by atoms with van der Waals surface area (Å²) in [5.74, 6) is 0.808. The SMILES string of the molecule is C[C@@H]1[C@H](NC(=O)Cc2ccc3cnsc3c2)C2CCN1CC2. The van der Waals surface area contributed by atoms with Gasteiger partial charge in [0.2, 0.25) is 5.91 Å². The summed E-state index contributed by atoms with van der Waals surface area (Å²) in [7, 11) is 0. The van der Waals surface area contributed by atoms with E-state index in [1.54, 1.807) is 0 Å². The van der Waals surface area contributed by atoms with Gasteiger partial charge in [-0.15, -0.1) is 0 Å². The van der Waals surface area contributed by atoms with Crippen molar-refractivity contribution in [2.24, 2.45) is 5.92 Å². The molecule has 22 heavy (non-hydrogen) atoms. The number of rotatable bonds is 3. The van der Waals surface area contributed by atoms with Gasteiger partial charge in [0.1, 0.15) is 0 Å². The number of nitrogens with zero attached hydrogens (tertiary/aromatic N) is 2. The molecule has 2 atom stereocenters. The van der Waals surface area contributed by atoms with E-state index >= 15 is 0 Å². The van der Waals surface area contributed by atoms with Gasteiger partial charge in [-0.1, -0.05) is 12.1 Å². The minimum atomic E-state index is 0.148. The lowest BCUT2D eigenvalue weighted by atomic mass is 9.79. The summed E-state index contributed by atoms with van der Waals surface area (Å²) in [6.45, 7) is 4.64. The van der Waals surface area contributed by atoms with Crippen molar-refractivity contribution < 1.29 is 4.79 Å². The van der Waals surface area contributed by atoms with Crippen LogP contribution in [0.25, 0.3) is 10.1 Å². The zero-order valence-corrected chi connectivity index (χ0v) is 13.6. The molecular formula is C17H21N3OS. The Balaban J connectivity index is 1.43. The third-order valence-electron chi connectivity index (χ3n) is 5.29. The van der Waals surface area contributed by atoms with E-state index in [2.05, 4.69) is 33.6 Å².